The highest BCUT2D eigenvalue weighted by Crippen LogP contribution is 2.41. The first kappa shape index (κ1) is 24.9. The SMILES string of the molecule is COC(=O)c1c(NC(=O)c2nn3c(C(F)(F)F)cc(-c4cccs4)nc3c2Br)sc2c1CC[C@H](C)C2. The summed E-state index contributed by atoms with van der Waals surface area (Å²) in [6, 6.07) is 4.28. The van der Waals surface area contributed by atoms with Crippen LogP contribution in [0.4, 0.5) is 18.2 Å². The van der Waals surface area contributed by atoms with Gasteiger partial charge in [0.15, 0.2) is 17.0 Å². The third-order valence-electron chi connectivity index (χ3n) is 5.94. The molecule has 5 rings (SSSR count). The van der Waals surface area contributed by atoms with Gasteiger partial charge in [0.1, 0.15) is 5.00 Å². The molecule has 1 amide bonds. The molecule has 0 radical (unpaired) electrons. The van der Waals surface area contributed by atoms with Crippen LogP contribution in [0.5, 0.6) is 0 Å². The third kappa shape index (κ3) is 4.33. The van der Waals surface area contributed by atoms with Gasteiger partial charge in [0.25, 0.3) is 5.91 Å². The molecule has 4 aromatic heterocycles. The van der Waals surface area contributed by atoms with Gasteiger partial charge in [-0.3, -0.25) is 4.79 Å². The monoisotopic (exact) mass is 598 g/mol. The molecule has 0 saturated heterocycles. The summed E-state index contributed by atoms with van der Waals surface area (Å²) in [5, 5.41) is 8.66. The predicted molar refractivity (Wildman–Crippen MR) is 134 cm³/mol. The summed E-state index contributed by atoms with van der Waals surface area (Å²) in [5.74, 6) is -0.912. The summed E-state index contributed by atoms with van der Waals surface area (Å²) in [6.07, 6.45) is -2.40. The van der Waals surface area contributed by atoms with Gasteiger partial charge < -0.3 is 10.1 Å². The fourth-order valence-corrected chi connectivity index (χ4v) is 6.80. The number of alkyl halides is 3. The smallest absolute Gasteiger partial charge is 0.433 e. The van der Waals surface area contributed by atoms with Crippen molar-refractivity contribution in [2.45, 2.75) is 32.4 Å². The average molecular weight is 599 g/mol. The van der Waals surface area contributed by atoms with Crippen molar-refractivity contribution in [1.82, 2.24) is 14.6 Å². The lowest BCUT2D eigenvalue weighted by molar-refractivity contribution is -0.142. The highest BCUT2D eigenvalue weighted by Gasteiger charge is 2.37. The van der Waals surface area contributed by atoms with E-state index in [1.54, 1.807) is 17.5 Å². The Morgan fingerprint density at radius 3 is 2.78 bits per heavy atom. The quantitative estimate of drug-likeness (QED) is 0.272. The number of anilines is 1. The predicted octanol–water partition coefficient (Wildman–Crippen LogP) is 6.46. The fourth-order valence-electron chi connectivity index (χ4n) is 4.21. The van der Waals surface area contributed by atoms with Gasteiger partial charge in [0.2, 0.25) is 0 Å². The van der Waals surface area contributed by atoms with E-state index in [0.29, 0.717) is 21.7 Å². The third-order valence-corrected chi connectivity index (χ3v) is 8.73. The number of aromatic nitrogens is 3. The zero-order valence-corrected chi connectivity index (χ0v) is 22.1. The Balaban J connectivity index is 1.59. The Hall–Kier alpha value is -2.77. The van der Waals surface area contributed by atoms with E-state index < -0.39 is 23.7 Å². The number of carbonyl (C=O) groups excluding carboxylic acids is 2. The first-order valence-electron chi connectivity index (χ1n) is 10.8. The summed E-state index contributed by atoms with van der Waals surface area (Å²) < 4.78 is 47.3. The molecule has 1 aliphatic carbocycles. The van der Waals surface area contributed by atoms with Crippen molar-refractivity contribution < 1.29 is 27.5 Å². The Labute approximate surface area is 219 Å². The van der Waals surface area contributed by atoms with Crippen molar-refractivity contribution >= 4 is 61.1 Å². The van der Waals surface area contributed by atoms with Crippen LogP contribution >= 0.6 is 38.6 Å². The lowest BCUT2D eigenvalue weighted by Crippen LogP contribution is -2.17. The molecule has 188 valence electrons. The molecule has 1 atom stereocenters. The van der Waals surface area contributed by atoms with Gasteiger partial charge in [-0.25, -0.2) is 14.3 Å². The van der Waals surface area contributed by atoms with Crippen LogP contribution in [0.2, 0.25) is 0 Å². The number of thiophene rings is 2. The van der Waals surface area contributed by atoms with Crippen LogP contribution in [0, 0.1) is 5.92 Å². The van der Waals surface area contributed by atoms with Crippen LogP contribution in [-0.4, -0.2) is 33.6 Å². The number of carbonyl (C=O) groups is 2. The summed E-state index contributed by atoms with van der Waals surface area (Å²) in [4.78, 5) is 31.7. The van der Waals surface area contributed by atoms with Crippen LogP contribution in [0.1, 0.15) is 50.3 Å². The largest absolute Gasteiger partial charge is 0.465 e. The molecule has 0 aliphatic heterocycles. The maximum Gasteiger partial charge on any atom is 0.433 e. The van der Waals surface area contributed by atoms with Gasteiger partial charge in [0, 0.05) is 4.88 Å². The molecule has 0 fully saturated rings. The van der Waals surface area contributed by atoms with Crippen molar-refractivity contribution in [1.29, 1.82) is 0 Å². The van der Waals surface area contributed by atoms with Crippen LogP contribution < -0.4 is 5.32 Å². The van der Waals surface area contributed by atoms with Gasteiger partial charge >= 0.3 is 12.1 Å². The number of methoxy groups -OCH3 is 1. The number of nitrogens with zero attached hydrogens (tertiary/aromatic N) is 3. The number of nitrogens with one attached hydrogen (secondary N) is 1. The van der Waals surface area contributed by atoms with E-state index >= 15 is 0 Å². The molecule has 0 unspecified atom stereocenters. The number of halogens is 4. The molecule has 13 heteroatoms. The van der Waals surface area contributed by atoms with E-state index in [4.69, 9.17) is 4.74 Å². The lowest BCUT2D eigenvalue weighted by atomic mass is 9.88. The Bertz CT molecular complexity index is 1490. The molecule has 0 spiro atoms. The van der Waals surface area contributed by atoms with E-state index in [9.17, 15) is 22.8 Å². The van der Waals surface area contributed by atoms with E-state index in [0.717, 1.165) is 29.3 Å². The maximum atomic E-state index is 13.9. The Morgan fingerprint density at radius 2 is 2.11 bits per heavy atom. The van der Waals surface area contributed by atoms with Gasteiger partial charge in [0.05, 0.1) is 27.7 Å². The molecule has 1 aliphatic rings. The molecular weight excluding hydrogens is 581 g/mol. The summed E-state index contributed by atoms with van der Waals surface area (Å²) in [6.45, 7) is 2.11. The molecular formula is C23H18BrF3N4O3S2. The van der Waals surface area contributed by atoms with Crippen molar-refractivity contribution in [3.63, 3.8) is 0 Å². The number of fused-ring (bicyclic) bond motifs is 2. The van der Waals surface area contributed by atoms with Crippen molar-refractivity contribution in [3.05, 3.63) is 55.4 Å². The second-order valence-corrected chi connectivity index (χ2v) is 11.2. The molecule has 7 nitrogen and oxygen atoms in total. The molecule has 1 N–H and O–H groups in total. The van der Waals surface area contributed by atoms with Crippen LogP contribution in [0.15, 0.2) is 28.1 Å². The second-order valence-electron chi connectivity index (χ2n) is 8.40. The number of hydrogen-bond acceptors (Lipinski definition) is 7. The summed E-state index contributed by atoms with van der Waals surface area (Å²) in [5.41, 5.74) is -0.253. The Kier molecular flexibility index (Phi) is 6.41. The average Bonchev–Trinajstić information content (AvgIpc) is 3.55. The number of ether oxygens (including phenoxy) is 1. The topological polar surface area (TPSA) is 85.6 Å². The minimum Gasteiger partial charge on any atom is -0.465 e. The van der Waals surface area contributed by atoms with Gasteiger partial charge in [-0.2, -0.15) is 18.3 Å². The van der Waals surface area contributed by atoms with Crippen molar-refractivity contribution in [2.75, 3.05) is 12.4 Å². The molecule has 0 bridgehead atoms. The first-order chi connectivity index (χ1) is 17.1. The highest BCUT2D eigenvalue weighted by molar-refractivity contribution is 9.10. The number of rotatable bonds is 4. The molecule has 4 heterocycles. The number of hydrogen-bond donors (Lipinski definition) is 1. The zero-order chi connectivity index (χ0) is 25.8. The van der Waals surface area contributed by atoms with Crippen molar-refractivity contribution in [2.24, 2.45) is 5.92 Å². The number of amides is 1. The minimum atomic E-state index is -4.74. The maximum absolute atomic E-state index is 13.9. The Morgan fingerprint density at radius 1 is 1.33 bits per heavy atom. The van der Waals surface area contributed by atoms with Gasteiger partial charge in [-0.05, 0) is 64.2 Å². The number of esters is 1. The molecule has 0 aromatic carbocycles. The standard InChI is InChI=1S/C23H18BrF3N4O3S2/c1-10-5-6-11-14(8-10)36-21(16(11)22(33)34-2)29-20(32)18-17(24)19-28-12(13-4-3-7-35-13)9-15(23(25,26)27)31(19)30-18/h3-4,7,9-10H,5-6,8H2,1-2H3,(H,29,32)/t10-/m0/s1. The van der Waals surface area contributed by atoms with Crippen molar-refractivity contribution in [3.8, 4) is 10.6 Å². The van der Waals surface area contributed by atoms with Gasteiger partial charge in [-0.1, -0.05) is 13.0 Å². The normalized spacial score (nSPS) is 15.7. The van der Waals surface area contributed by atoms with Gasteiger partial charge in [-0.15, -0.1) is 22.7 Å². The van der Waals surface area contributed by atoms with Crippen LogP contribution in [-0.2, 0) is 23.8 Å². The second kappa shape index (κ2) is 9.27. The van der Waals surface area contributed by atoms with Crippen LogP contribution in [0.3, 0.4) is 0 Å². The first-order valence-corrected chi connectivity index (χ1v) is 13.3. The molecule has 36 heavy (non-hydrogen) atoms. The lowest BCUT2D eigenvalue weighted by Gasteiger charge is -2.18. The van der Waals surface area contributed by atoms with E-state index in [-0.39, 0.29) is 32.1 Å². The molecule has 4 aromatic rings. The van der Waals surface area contributed by atoms with E-state index in [1.165, 1.54) is 29.8 Å². The highest BCUT2D eigenvalue weighted by atomic mass is 79.9. The van der Waals surface area contributed by atoms with E-state index in [2.05, 4.69) is 38.3 Å². The summed E-state index contributed by atoms with van der Waals surface area (Å²) >= 11 is 5.76. The molecule has 0 saturated carbocycles. The van der Waals surface area contributed by atoms with E-state index in [1.807, 2.05) is 0 Å². The summed E-state index contributed by atoms with van der Waals surface area (Å²) in [7, 11) is 1.26. The zero-order valence-electron chi connectivity index (χ0n) is 18.9. The van der Waals surface area contributed by atoms with Crippen LogP contribution in [0.25, 0.3) is 16.2 Å². The minimum absolute atomic E-state index is 0.0125. The fraction of sp³-hybridized carbons (Fsp3) is 0.304.